The summed E-state index contributed by atoms with van der Waals surface area (Å²) in [7, 11) is -1.38. The number of nitrogens with zero attached hydrogens (tertiary/aromatic N) is 1. The number of ether oxygens (including phenoxy) is 1. The topological polar surface area (TPSA) is 79.2 Å². The second-order valence-electron chi connectivity index (χ2n) is 4.27. The Balaban J connectivity index is 2.17. The summed E-state index contributed by atoms with van der Waals surface area (Å²) >= 11 is 0. The minimum Gasteiger partial charge on any atom is -0.495 e. The van der Waals surface area contributed by atoms with Crippen molar-refractivity contribution in [1.29, 1.82) is 5.26 Å². The van der Waals surface area contributed by atoms with E-state index >= 15 is 0 Å². The van der Waals surface area contributed by atoms with Crippen LogP contribution >= 0.6 is 0 Å². The van der Waals surface area contributed by atoms with Gasteiger partial charge in [0, 0.05) is 12.1 Å². The summed E-state index contributed by atoms with van der Waals surface area (Å²) in [4.78, 5) is 0. The Hall–Kier alpha value is -1.74. The fourth-order valence-electron chi connectivity index (χ4n) is 2.01. The van der Waals surface area contributed by atoms with Gasteiger partial charge in [0.05, 0.1) is 35.9 Å². The molecule has 0 aromatic heterocycles. The molecule has 5 nitrogen and oxygen atoms in total. The standard InChI is InChI=1S/C12H14N2O3S/c1-17-12-6-9(7-13)2-3-11(12)14-10-4-5-18(15,16)8-10/h2-3,6,10,14H,4-5,8H2,1H3. The number of hydrogen-bond donors (Lipinski definition) is 1. The third-order valence-corrected chi connectivity index (χ3v) is 4.69. The van der Waals surface area contributed by atoms with Gasteiger partial charge in [-0.1, -0.05) is 0 Å². The first kappa shape index (κ1) is 12.7. The van der Waals surface area contributed by atoms with E-state index in [0.717, 1.165) is 5.69 Å². The van der Waals surface area contributed by atoms with Crippen molar-refractivity contribution in [2.75, 3.05) is 23.9 Å². The van der Waals surface area contributed by atoms with E-state index in [-0.39, 0.29) is 17.5 Å². The van der Waals surface area contributed by atoms with E-state index < -0.39 is 9.84 Å². The van der Waals surface area contributed by atoms with E-state index in [9.17, 15) is 8.42 Å². The summed E-state index contributed by atoms with van der Waals surface area (Å²) < 4.78 is 27.9. The van der Waals surface area contributed by atoms with Crippen molar-refractivity contribution >= 4 is 15.5 Å². The van der Waals surface area contributed by atoms with Crippen molar-refractivity contribution in [2.24, 2.45) is 0 Å². The van der Waals surface area contributed by atoms with E-state index in [1.807, 2.05) is 6.07 Å². The molecule has 96 valence electrons. The maximum absolute atomic E-state index is 11.4. The molecule has 1 saturated heterocycles. The molecule has 0 spiro atoms. The summed E-state index contributed by atoms with van der Waals surface area (Å²) in [6.07, 6.45) is 0.603. The number of rotatable bonds is 3. The molecule has 0 radical (unpaired) electrons. The minimum absolute atomic E-state index is 0.0863. The van der Waals surface area contributed by atoms with E-state index in [0.29, 0.717) is 17.7 Å². The zero-order valence-corrected chi connectivity index (χ0v) is 10.8. The predicted octanol–water partition coefficient (Wildman–Crippen LogP) is 1.17. The number of nitrogens with one attached hydrogen (secondary N) is 1. The Morgan fingerprint density at radius 2 is 2.28 bits per heavy atom. The Kier molecular flexibility index (Phi) is 3.43. The Morgan fingerprint density at radius 1 is 1.50 bits per heavy atom. The number of sulfone groups is 1. The molecular weight excluding hydrogens is 252 g/mol. The lowest BCUT2D eigenvalue weighted by Crippen LogP contribution is -2.20. The van der Waals surface area contributed by atoms with Gasteiger partial charge in [0.1, 0.15) is 5.75 Å². The Bertz CT molecular complexity index is 590. The van der Waals surface area contributed by atoms with Gasteiger partial charge in [-0.05, 0) is 18.6 Å². The van der Waals surface area contributed by atoms with Crippen LogP contribution < -0.4 is 10.1 Å². The van der Waals surface area contributed by atoms with Gasteiger partial charge in [0.25, 0.3) is 0 Å². The highest BCUT2D eigenvalue weighted by atomic mass is 32.2. The predicted molar refractivity (Wildman–Crippen MR) is 68.4 cm³/mol. The highest BCUT2D eigenvalue weighted by molar-refractivity contribution is 7.91. The van der Waals surface area contributed by atoms with Gasteiger partial charge in [0.2, 0.25) is 0 Å². The number of nitriles is 1. The number of hydrogen-bond acceptors (Lipinski definition) is 5. The van der Waals surface area contributed by atoms with Crippen molar-refractivity contribution in [3.05, 3.63) is 23.8 Å². The lowest BCUT2D eigenvalue weighted by molar-refractivity contribution is 0.416. The molecule has 6 heteroatoms. The van der Waals surface area contributed by atoms with E-state index in [1.165, 1.54) is 7.11 Å². The highest BCUT2D eigenvalue weighted by Crippen LogP contribution is 2.27. The first-order chi connectivity index (χ1) is 8.54. The van der Waals surface area contributed by atoms with Crippen molar-refractivity contribution in [3.63, 3.8) is 0 Å². The summed E-state index contributed by atoms with van der Waals surface area (Å²) in [6.45, 7) is 0. The molecule has 1 atom stereocenters. The third-order valence-electron chi connectivity index (χ3n) is 2.92. The van der Waals surface area contributed by atoms with Crippen molar-refractivity contribution in [1.82, 2.24) is 0 Å². The average molecular weight is 266 g/mol. The highest BCUT2D eigenvalue weighted by Gasteiger charge is 2.28. The summed E-state index contributed by atoms with van der Waals surface area (Å²) in [6, 6.07) is 6.99. The van der Waals surface area contributed by atoms with Gasteiger partial charge >= 0.3 is 0 Å². The number of methoxy groups -OCH3 is 1. The SMILES string of the molecule is COc1cc(C#N)ccc1NC1CCS(=O)(=O)C1. The molecule has 18 heavy (non-hydrogen) atoms. The maximum Gasteiger partial charge on any atom is 0.152 e. The minimum atomic E-state index is -2.90. The zero-order valence-electron chi connectivity index (χ0n) is 10.0. The molecule has 0 amide bonds. The monoisotopic (exact) mass is 266 g/mol. The molecule has 0 saturated carbocycles. The van der Waals surface area contributed by atoms with Gasteiger partial charge in [-0.3, -0.25) is 0 Å². The lowest BCUT2D eigenvalue weighted by Gasteiger charge is -2.15. The van der Waals surface area contributed by atoms with Crippen molar-refractivity contribution in [2.45, 2.75) is 12.5 Å². The first-order valence-corrected chi connectivity index (χ1v) is 7.41. The maximum atomic E-state index is 11.4. The van der Waals surface area contributed by atoms with Crippen LogP contribution in [0.15, 0.2) is 18.2 Å². The van der Waals surface area contributed by atoms with Crippen LogP contribution in [-0.4, -0.2) is 33.1 Å². The molecule has 2 rings (SSSR count). The molecule has 1 aliphatic heterocycles. The molecule has 1 aromatic carbocycles. The molecule has 1 fully saturated rings. The summed E-state index contributed by atoms with van der Waals surface area (Å²) in [5, 5.41) is 11.9. The molecule has 0 aliphatic carbocycles. The van der Waals surface area contributed by atoms with Crippen LogP contribution in [0.5, 0.6) is 5.75 Å². The summed E-state index contributed by atoms with van der Waals surface area (Å²) in [5.74, 6) is 0.928. The van der Waals surface area contributed by atoms with Gasteiger partial charge in [-0.2, -0.15) is 5.26 Å². The van der Waals surface area contributed by atoms with Crippen LogP contribution in [0.3, 0.4) is 0 Å². The first-order valence-electron chi connectivity index (χ1n) is 5.59. The quantitative estimate of drug-likeness (QED) is 0.888. The van der Waals surface area contributed by atoms with Crippen molar-refractivity contribution < 1.29 is 13.2 Å². The van der Waals surface area contributed by atoms with Crippen LogP contribution in [0.2, 0.25) is 0 Å². The smallest absolute Gasteiger partial charge is 0.152 e. The van der Waals surface area contributed by atoms with E-state index in [1.54, 1.807) is 18.2 Å². The largest absolute Gasteiger partial charge is 0.495 e. The van der Waals surface area contributed by atoms with Crippen LogP contribution in [0.4, 0.5) is 5.69 Å². The van der Waals surface area contributed by atoms with Crippen LogP contribution in [-0.2, 0) is 9.84 Å². The lowest BCUT2D eigenvalue weighted by atomic mass is 10.2. The van der Waals surface area contributed by atoms with Crippen molar-refractivity contribution in [3.8, 4) is 11.8 Å². The van der Waals surface area contributed by atoms with Crippen LogP contribution in [0.1, 0.15) is 12.0 Å². The molecule has 1 N–H and O–H groups in total. The number of benzene rings is 1. The number of anilines is 1. The van der Waals surface area contributed by atoms with Gasteiger partial charge in [-0.25, -0.2) is 8.42 Å². The van der Waals surface area contributed by atoms with Gasteiger partial charge < -0.3 is 10.1 Å². The fourth-order valence-corrected chi connectivity index (χ4v) is 3.68. The molecule has 0 bridgehead atoms. The zero-order chi connectivity index (χ0) is 13.2. The van der Waals surface area contributed by atoms with Gasteiger partial charge in [0.15, 0.2) is 9.84 Å². The third kappa shape index (κ3) is 2.74. The normalized spacial score (nSPS) is 21.2. The molecule has 1 unspecified atom stereocenters. The average Bonchev–Trinajstić information content (AvgIpc) is 2.69. The van der Waals surface area contributed by atoms with Crippen LogP contribution in [0, 0.1) is 11.3 Å². The van der Waals surface area contributed by atoms with E-state index in [2.05, 4.69) is 5.32 Å². The molecule has 1 heterocycles. The second kappa shape index (κ2) is 4.86. The second-order valence-corrected chi connectivity index (χ2v) is 6.50. The summed E-state index contributed by atoms with van der Waals surface area (Å²) in [5.41, 5.74) is 1.23. The Morgan fingerprint density at radius 3 is 2.83 bits per heavy atom. The van der Waals surface area contributed by atoms with Gasteiger partial charge in [-0.15, -0.1) is 0 Å². The fraction of sp³-hybridized carbons (Fsp3) is 0.417. The molecule has 1 aliphatic rings. The molecular formula is C12H14N2O3S. The molecule has 1 aromatic rings. The van der Waals surface area contributed by atoms with Crippen LogP contribution in [0.25, 0.3) is 0 Å². The Labute approximate surface area is 106 Å². The van der Waals surface area contributed by atoms with E-state index in [4.69, 9.17) is 10.00 Å².